The smallest absolute Gasteiger partial charge is 0.0175 e. The SMILES string of the molecule is CC(c1ccc(Br)cc1)C1CCCSC1. The molecule has 0 amide bonds. The van der Waals surface area contributed by atoms with E-state index in [1.54, 1.807) is 0 Å². The van der Waals surface area contributed by atoms with E-state index in [4.69, 9.17) is 0 Å². The molecular formula is C13H17BrS. The molecule has 2 unspecified atom stereocenters. The van der Waals surface area contributed by atoms with Crippen molar-refractivity contribution in [3.05, 3.63) is 34.3 Å². The van der Waals surface area contributed by atoms with Crippen molar-refractivity contribution in [1.29, 1.82) is 0 Å². The Kier molecular flexibility index (Phi) is 4.15. The molecule has 0 spiro atoms. The van der Waals surface area contributed by atoms with E-state index in [0.717, 1.165) is 5.92 Å². The van der Waals surface area contributed by atoms with Crippen LogP contribution in [0.5, 0.6) is 0 Å². The van der Waals surface area contributed by atoms with Gasteiger partial charge in [0.1, 0.15) is 0 Å². The van der Waals surface area contributed by atoms with Crippen LogP contribution in [0.4, 0.5) is 0 Å². The van der Waals surface area contributed by atoms with E-state index in [2.05, 4.69) is 58.9 Å². The van der Waals surface area contributed by atoms with Gasteiger partial charge in [-0.2, -0.15) is 11.8 Å². The number of halogens is 1. The number of hydrogen-bond acceptors (Lipinski definition) is 1. The first-order valence-corrected chi connectivity index (χ1v) is 7.55. The summed E-state index contributed by atoms with van der Waals surface area (Å²) in [6.45, 7) is 2.37. The molecule has 2 atom stereocenters. The van der Waals surface area contributed by atoms with Crippen LogP contribution in [0.15, 0.2) is 28.7 Å². The molecule has 0 aromatic heterocycles. The maximum absolute atomic E-state index is 3.49. The monoisotopic (exact) mass is 284 g/mol. The van der Waals surface area contributed by atoms with Crippen LogP contribution in [0.2, 0.25) is 0 Å². The Hall–Kier alpha value is 0.0500. The topological polar surface area (TPSA) is 0 Å². The second kappa shape index (κ2) is 5.40. The molecule has 0 radical (unpaired) electrons. The summed E-state index contributed by atoms with van der Waals surface area (Å²) in [6, 6.07) is 8.83. The van der Waals surface area contributed by atoms with Gasteiger partial charge < -0.3 is 0 Å². The molecule has 0 saturated carbocycles. The predicted octanol–water partition coefficient (Wildman–Crippen LogP) is 4.70. The highest BCUT2D eigenvalue weighted by molar-refractivity contribution is 9.10. The number of hydrogen-bond donors (Lipinski definition) is 0. The second-order valence-corrected chi connectivity index (χ2v) is 6.38. The van der Waals surface area contributed by atoms with Gasteiger partial charge in [0, 0.05) is 4.47 Å². The molecule has 1 heterocycles. The van der Waals surface area contributed by atoms with Crippen LogP contribution in [0.1, 0.15) is 31.2 Å². The Morgan fingerprint density at radius 3 is 2.67 bits per heavy atom. The predicted molar refractivity (Wildman–Crippen MR) is 72.6 cm³/mol. The van der Waals surface area contributed by atoms with Crippen molar-refractivity contribution in [3.8, 4) is 0 Å². The summed E-state index contributed by atoms with van der Waals surface area (Å²) in [7, 11) is 0. The molecule has 2 heteroatoms. The standard InChI is InChI=1S/C13H17BrS/c1-10(12-3-2-8-15-9-12)11-4-6-13(14)7-5-11/h4-7,10,12H,2-3,8-9H2,1H3. The first-order valence-electron chi connectivity index (χ1n) is 5.60. The van der Waals surface area contributed by atoms with E-state index < -0.39 is 0 Å². The summed E-state index contributed by atoms with van der Waals surface area (Å²) >= 11 is 5.61. The molecule has 15 heavy (non-hydrogen) atoms. The third-order valence-electron chi connectivity index (χ3n) is 3.30. The van der Waals surface area contributed by atoms with Crippen molar-refractivity contribution in [2.24, 2.45) is 5.92 Å². The first kappa shape index (κ1) is 11.5. The van der Waals surface area contributed by atoms with Crippen LogP contribution in [0.25, 0.3) is 0 Å². The van der Waals surface area contributed by atoms with Crippen molar-refractivity contribution in [2.75, 3.05) is 11.5 Å². The minimum Gasteiger partial charge on any atom is -0.162 e. The Labute approximate surface area is 105 Å². The maximum atomic E-state index is 3.49. The van der Waals surface area contributed by atoms with Crippen LogP contribution in [-0.2, 0) is 0 Å². The van der Waals surface area contributed by atoms with E-state index in [9.17, 15) is 0 Å². The third-order valence-corrected chi connectivity index (χ3v) is 5.07. The van der Waals surface area contributed by atoms with Gasteiger partial charge in [-0.3, -0.25) is 0 Å². The van der Waals surface area contributed by atoms with Gasteiger partial charge in [0.05, 0.1) is 0 Å². The Bertz CT molecular complexity index is 301. The van der Waals surface area contributed by atoms with Gasteiger partial charge in [-0.05, 0) is 53.9 Å². The summed E-state index contributed by atoms with van der Waals surface area (Å²) in [5.41, 5.74) is 1.49. The molecule has 0 aliphatic carbocycles. The zero-order valence-corrected chi connectivity index (χ0v) is 11.5. The molecule has 0 N–H and O–H groups in total. The van der Waals surface area contributed by atoms with Gasteiger partial charge >= 0.3 is 0 Å². The molecule has 1 aromatic carbocycles. The lowest BCUT2D eigenvalue weighted by atomic mass is 9.86. The number of benzene rings is 1. The average Bonchev–Trinajstić information content (AvgIpc) is 2.30. The van der Waals surface area contributed by atoms with Crippen molar-refractivity contribution >= 4 is 27.7 Å². The summed E-state index contributed by atoms with van der Waals surface area (Å²) < 4.78 is 1.18. The summed E-state index contributed by atoms with van der Waals surface area (Å²) in [4.78, 5) is 0. The average molecular weight is 285 g/mol. The molecule has 1 aliphatic heterocycles. The summed E-state index contributed by atoms with van der Waals surface area (Å²) in [5, 5.41) is 0. The van der Waals surface area contributed by atoms with Crippen molar-refractivity contribution in [2.45, 2.75) is 25.7 Å². The van der Waals surface area contributed by atoms with Gasteiger partial charge in [-0.15, -0.1) is 0 Å². The molecule has 0 bridgehead atoms. The quantitative estimate of drug-likeness (QED) is 0.759. The molecular weight excluding hydrogens is 268 g/mol. The largest absolute Gasteiger partial charge is 0.162 e. The Balaban J connectivity index is 2.05. The van der Waals surface area contributed by atoms with Gasteiger partial charge in [-0.1, -0.05) is 35.0 Å². The molecule has 1 aliphatic rings. The fraction of sp³-hybridized carbons (Fsp3) is 0.538. The molecule has 2 rings (SSSR count). The van der Waals surface area contributed by atoms with E-state index >= 15 is 0 Å². The molecule has 1 fully saturated rings. The highest BCUT2D eigenvalue weighted by Crippen LogP contribution is 2.34. The molecule has 1 aromatic rings. The van der Waals surface area contributed by atoms with Gasteiger partial charge in [0.15, 0.2) is 0 Å². The lowest BCUT2D eigenvalue weighted by Gasteiger charge is -2.27. The fourth-order valence-electron chi connectivity index (χ4n) is 2.20. The van der Waals surface area contributed by atoms with E-state index in [1.807, 2.05) is 0 Å². The van der Waals surface area contributed by atoms with Crippen LogP contribution in [-0.4, -0.2) is 11.5 Å². The van der Waals surface area contributed by atoms with Gasteiger partial charge in [0.2, 0.25) is 0 Å². The highest BCUT2D eigenvalue weighted by Gasteiger charge is 2.21. The highest BCUT2D eigenvalue weighted by atomic mass is 79.9. The minimum absolute atomic E-state index is 0.714. The maximum Gasteiger partial charge on any atom is 0.0175 e. The molecule has 82 valence electrons. The van der Waals surface area contributed by atoms with E-state index in [0.29, 0.717) is 5.92 Å². The third kappa shape index (κ3) is 3.01. The lowest BCUT2D eigenvalue weighted by Crippen LogP contribution is -2.17. The zero-order valence-electron chi connectivity index (χ0n) is 9.08. The van der Waals surface area contributed by atoms with Gasteiger partial charge in [-0.25, -0.2) is 0 Å². The van der Waals surface area contributed by atoms with E-state index in [-0.39, 0.29) is 0 Å². The number of rotatable bonds is 2. The normalized spacial score (nSPS) is 23.7. The second-order valence-electron chi connectivity index (χ2n) is 4.32. The van der Waals surface area contributed by atoms with Crippen LogP contribution in [0, 0.1) is 5.92 Å². The van der Waals surface area contributed by atoms with Gasteiger partial charge in [0.25, 0.3) is 0 Å². The minimum atomic E-state index is 0.714. The van der Waals surface area contributed by atoms with Crippen molar-refractivity contribution < 1.29 is 0 Å². The van der Waals surface area contributed by atoms with E-state index in [1.165, 1.54) is 34.4 Å². The van der Waals surface area contributed by atoms with Crippen LogP contribution in [0.3, 0.4) is 0 Å². The van der Waals surface area contributed by atoms with Crippen LogP contribution >= 0.6 is 27.7 Å². The molecule has 1 saturated heterocycles. The lowest BCUT2D eigenvalue weighted by molar-refractivity contribution is 0.448. The molecule has 0 nitrogen and oxygen atoms in total. The first-order chi connectivity index (χ1) is 7.27. The Morgan fingerprint density at radius 1 is 1.33 bits per heavy atom. The van der Waals surface area contributed by atoms with Crippen molar-refractivity contribution in [1.82, 2.24) is 0 Å². The fourth-order valence-corrected chi connectivity index (χ4v) is 3.76. The summed E-state index contributed by atoms with van der Waals surface area (Å²) in [5.74, 6) is 4.30. The summed E-state index contributed by atoms with van der Waals surface area (Å²) in [6.07, 6.45) is 2.81. The van der Waals surface area contributed by atoms with Crippen LogP contribution < -0.4 is 0 Å². The number of thioether (sulfide) groups is 1. The zero-order chi connectivity index (χ0) is 10.7. The Morgan fingerprint density at radius 2 is 2.07 bits per heavy atom. The van der Waals surface area contributed by atoms with Crippen molar-refractivity contribution in [3.63, 3.8) is 0 Å².